The molecule has 1 amide bonds. The summed E-state index contributed by atoms with van der Waals surface area (Å²) in [4.78, 5) is 31.3. The summed E-state index contributed by atoms with van der Waals surface area (Å²) in [5, 5.41) is 3.69. The van der Waals surface area contributed by atoms with Crippen LogP contribution >= 0.6 is 11.3 Å². The number of benzene rings is 1. The van der Waals surface area contributed by atoms with Gasteiger partial charge in [0.05, 0.1) is 22.6 Å². The van der Waals surface area contributed by atoms with Gasteiger partial charge in [-0.05, 0) is 39.3 Å². The zero-order chi connectivity index (χ0) is 20.1. The highest BCUT2D eigenvalue weighted by Crippen LogP contribution is 2.39. The van der Waals surface area contributed by atoms with Crippen molar-refractivity contribution in [2.24, 2.45) is 0 Å². The Hall–Kier alpha value is -2.67. The number of ether oxygens (including phenoxy) is 1. The van der Waals surface area contributed by atoms with Crippen LogP contribution in [0, 0.1) is 6.92 Å². The summed E-state index contributed by atoms with van der Waals surface area (Å²) < 4.78 is 7.60. The first kappa shape index (κ1) is 18.7. The second kappa shape index (κ2) is 6.74. The van der Waals surface area contributed by atoms with Gasteiger partial charge < -0.3 is 10.1 Å². The second-order valence-electron chi connectivity index (χ2n) is 7.70. The van der Waals surface area contributed by atoms with Gasteiger partial charge in [-0.1, -0.05) is 18.2 Å². The number of carbonyl (C=O) groups excluding carboxylic acids is 1. The minimum absolute atomic E-state index is 0.0992. The number of amides is 1. The average Bonchev–Trinajstić information content (AvgIpc) is 2.98. The van der Waals surface area contributed by atoms with E-state index >= 15 is 0 Å². The van der Waals surface area contributed by atoms with E-state index in [9.17, 15) is 9.59 Å². The number of aromatic nitrogens is 2. The molecule has 1 unspecified atom stereocenters. The Kier molecular flexibility index (Phi) is 4.50. The molecule has 1 aliphatic heterocycles. The van der Waals surface area contributed by atoms with Crippen LogP contribution in [-0.2, 0) is 6.54 Å². The number of carbonyl (C=O) groups is 1. The summed E-state index contributed by atoms with van der Waals surface area (Å²) in [6.45, 7) is 8.30. The van der Waals surface area contributed by atoms with Crippen LogP contribution in [0.4, 0.5) is 0 Å². The van der Waals surface area contributed by atoms with Gasteiger partial charge in [0.15, 0.2) is 0 Å². The number of nitrogens with one attached hydrogen (secondary N) is 1. The molecule has 1 atom stereocenters. The molecule has 1 aromatic carbocycles. The Morgan fingerprint density at radius 3 is 2.89 bits per heavy atom. The van der Waals surface area contributed by atoms with Gasteiger partial charge in [-0.25, -0.2) is 4.98 Å². The van der Waals surface area contributed by atoms with Gasteiger partial charge in [0, 0.05) is 18.5 Å². The number of rotatable bonds is 3. The van der Waals surface area contributed by atoms with Crippen molar-refractivity contribution in [3.05, 3.63) is 57.0 Å². The van der Waals surface area contributed by atoms with Gasteiger partial charge in [0.25, 0.3) is 11.5 Å². The highest BCUT2D eigenvalue weighted by Gasteiger charge is 2.35. The molecule has 146 valence electrons. The van der Waals surface area contributed by atoms with Gasteiger partial charge >= 0.3 is 0 Å². The maximum Gasteiger partial charge on any atom is 0.262 e. The second-order valence-corrected chi connectivity index (χ2v) is 8.70. The van der Waals surface area contributed by atoms with Crippen molar-refractivity contribution in [1.29, 1.82) is 0 Å². The molecule has 0 spiro atoms. The maximum absolute atomic E-state index is 13.1. The summed E-state index contributed by atoms with van der Waals surface area (Å²) in [6.07, 6.45) is 2.21. The number of nitrogens with zero attached hydrogens (tertiary/aromatic N) is 2. The minimum atomic E-state index is -0.377. The zero-order valence-corrected chi connectivity index (χ0v) is 17.2. The molecule has 0 aliphatic carbocycles. The highest BCUT2D eigenvalue weighted by molar-refractivity contribution is 7.20. The molecular weight excluding hydrogens is 374 g/mol. The number of para-hydroxylation sites is 1. The molecular formula is C21H23N3O3S. The third-order valence-electron chi connectivity index (χ3n) is 5.15. The molecule has 0 bridgehead atoms. The molecule has 2 aromatic heterocycles. The zero-order valence-electron chi connectivity index (χ0n) is 16.4. The van der Waals surface area contributed by atoms with E-state index in [1.54, 1.807) is 10.9 Å². The maximum atomic E-state index is 13.1. The number of hydrogen-bond acceptors (Lipinski definition) is 5. The van der Waals surface area contributed by atoms with Crippen molar-refractivity contribution < 1.29 is 9.53 Å². The van der Waals surface area contributed by atoms with Gasteiger partial charge in [-0.15, -0.1) is 11.3 Å². The molecule has 6 nitrogen and oxygen atoms in total. The number of hydrogen-bond donors (Lipinski definition) is 1. The number of aryl methyl sites for hydroxylation is 2. The Balaban J connectivity index is 1.71. The molecule has 0 saturated heterocycles. The SMILES string of the molecule is CCn1cnc2sc(C(=O)NC3CC(C)(C)Oc4ccccc43)c(C)c2c1=O. The Morgan fingerprint density at radius 2 is 2.14 bits per heavy atom. The van der Waals surface area contributed by atoms with Crippen LogP contribution in [0.25, 0.3) is 10.2 Å². The summed E-state index contributed by atoms with van der Waals surface area (Å²) in [6, 6.07) is 7.63. The Labute approximate surface area is 167 Å². The standard InChI is InChI=1S/C21H23N3O3S/c1-5-24-11-22-19-16(20(24)26)12(2)17(28-19)18(25)23-14-10-21(3,4)27-15-9-7-6-8-13(14)15/h6-9,11,14H,5,10H2,1-4H3,(H,23,25). The smallest absolute Gasteiger partial charge is 0.262 e. The van der Waals surface area contributed by atoms with Crippen molar-refractivity contribution in [1.82, 2.24) is 14.9 Å². The predicted octanol–water partition coefficient (Wildman–Crippen LogP) is 3.82. The van der Waals surface area contributed by atoms with Gasteiger partial charge in [-0.2, -0.15) is 0 Å². The van der Waals surface area contributed by atoms with Crippen molar-refractivity contribution in [2.45, 2.75) is 52.3 Å². The summed E-state index contributed by atoms with van der Waals surface area (Å²) in [7, 11) is 0. The topological polar surface area (TPSA) is 73.2 Å². The fraction of sp³-hybridized carbons (Fsp3) is 0.381. The quantitative estimate of drug-likeness (QED) is 0.729. The predicted molar refractivity (Wildman–Crippen MR) is 110 cm³/mol. The third kappa shape index (κ3) is 3.09. The Bertz CT molecular complexity index is 1130. The lowest BCUT2D eigenvalue weighted by Gasteiger charge is -2.37. The van der Waals surface area contributed by atoms with Crippen LogP contribution in [-0.4, -0.2) is 21.1 Å². The fourth-order valence-corrected chi connectivity index (χ4v) is 4.80. The minimum Gasteiger partial charge on any atom is -0.487 e. The van der Waals surface area contributed by atoms with Crippen LogP contribution in [0.3, 0.4) is 0 Å². The molecule has 0 radical (unpaired) electrons. The van der Waals surface area contributed by atoms with Crippen molar-refractivity contribution in [3.63, 3.8) is 0 Å². The summed E-state index contributed by atoms with van der Waals surface area (Å²) in [5.74, 6) is 0.616. The first-order valence-corrected chi connectivity index (χ1v) is 10.2. The van der Waals surface area contributed by atoms with E-state index in [1.807, 2.05) is 52.0 Å². The normalized spacial score (nSPS) is 17.8. The largest absolute Gasteiger partial charge is 0.487 e. The van der Waals surface area contributed by atoms with Crippen molar-refractivity contribution >= 4 is 27.5 Å². The van der Waals surface area contributed by atoms with E-state index in [0.29, 0.717) is 33.6 Å². The Morgan fingerprint density at radius 1 is 1.39 bits per heavy atom. The first-order chi connectivity index (χ1) is 13.3. The van der Waals surface area contributed by atoms with Crippen LogP contribution in [0.15, 0.2) is 35.4 Å². The number of thiophene rings is 1. The molecule has 7 heteroatoms. The molecule has 1 N–H and O–H groups in total. The molecule has 0 fully saturated rings. The lowest BCUT2D eigenvalue weighted by atomic mass is 9.89. The van der Waals surface area contributed by atoms with Crippen LogP contribution < -0.4 is 15.6 Å². The van der Waals surface area contributed by atoms with Gasteiger partial charge in [-0.3, -0.25) is 14.2 Å². The fourth-order valence-electron chi connectivity index (χ4n) is 3.76. The third-order valence-corrected chi connectivity index (χ3v) is 6.34. The molecule has 28 heavy (non-hydrogen) atoms. The van der Waals surface area contributed by atoms with E-state index in [-0.39, 0.29) is 23.1 Å². The van der Waals surface area contributed by atoms with Crippen LogP contribution in [0.1, 0.15) is 54.0 Å². The van der Waals surface area contributed by atoms with Gasteiger partial charge in [0.1, 0.15) is 16.2 Å². The van der Waals surface area contributed by atoms with E-state index in [0.717, 1.165) is 11.3 Å². The summed E-state index contributed by atoms with van der Waals surface area (Å²) in [5.41, 5.74) is 1.19. The van der Waals surface area contributed by atoms with Crippen molar-refractivity contribution in [3.8, 4) is 5.75 Å². The molecule has 0 saturated carbocycles. The molecule has 1 aliphatic rings. The van der Waals surface area contributed by atoms with E-state index < -0.39 is 0 Å². The lowest BCUT2D eigenvalue weighted by molar-refractivity contribution is 0.0621. The van der Waals surface area contributed by atoms with E-state index in [4.69, 9.17) is 4.74 Å². The molecule has 3 aromatic rings. The monoisotopic (exact) mass is 397 g/mol. The van der Waals surface area contributed by atoms with Crippen LogP contribution in [0.5, 0.6) is 5.75 Å². The molecule has 4 rings (SSSR count). The summed E-state index contributed by atoms with van der Waals surface area (Å²) >= 11 is 1.27. The van der Waals surface area contributed by atoms with E-state index in [2.05, 4.69) is 10.3 Å². The van der Waals surface area contributed by atoms with Gasteiger partial charge in [0.2, 0.25) is 0 Å². The highest BCUT2D eigenvalue weighted by atomic mass is 32.1. The molecule has 3 heterocycles. The lowest BCUT2D eigenvalue weighted by Crippen LogP contribution is -2.41. The van der Waals surface area contributed by atoms with E-state index in [1.165, 1.54) is 11.3 Å². The number of fused-ring (bicyclic) bond motifs is 2. The average molecular weight is 398 g/mol. The van der Waals surface area contributed by atoms with Crippen molar-refractivity contribution in [2.75, 3.05) is 0 Å². The van der Waals surface area contributed by atoms with Crippen LogP contribution in [0.2, 0.25) is 0 Å². The first-order valence-electron chi connectivity index (χ1n) is 9.38.